The van der Waals surface area contributed by atoms with Crippen molar-refractivity contribution in [3.05, 3.63) is 23.8 Å². The topological polar surface area (TPSA) is 114 Å². The molecule has 0 radical (unpaired) electrons. The Balaban J connectivity index is 2.96. The van der Waals surface area contributed by atoms with E-state index in [1.54, 1.807) is 19.9 Å². The largest absolute Gasteiger partial charge is 0.497 e. The number of ether oxygens (including phenoxy) is 2. The second kappa shape index (κ2) is 8.91. The summed E-state index contributed by atoms with van der Waals surface area (Å²) < 4.78 is 10.2. The van der Waals surface area contributed by atoms with Crippen LogP contribution in [0, 0.1) is 5.92 Å². The molecule has 0 aliphatic rings. The van der Waals surface area contributed by atoms with Gasteiger partial charge in [-0.1, -0.05) is 13.8 Å². The Morgan fingerprint density at radius 1 is 0.960 bits per heavy atom. The Hall–Kier alpha value is -2.77. The maximum Gasteiger partial charge on any atom is 0.325 e. The molecule has 8 nitrogen and oxygen atoms in total. The summed E-state index contributed by atoms with van der Waals surface area (Å²) >= 11 is 0. The lowest BCUT2D eigenvalue weighted by Crippen LogP contribution is -2.53. The normalized spacial score (nSPS) is 12.9. The lowest BCUT2D eigenvalue weighted by atomic mass is 10.0. The van der Waals surface area contributed by atoms with Crippen LogP contribution in [0.2, 0.25) is 0 Å². The minimum atomic E-state index is -1.15. The third-order valence-corrected chi connectivity index (χ3v) is 3.58. The monoisotopic (exact) mass is 352 g/mol. The molecule has 2 atom stereocenters. The van der Waals surface area contributed by atoms with Crippen LogP contribution in [-0.4, -0.2) is 49.2 Å². The minimum absolute atomic E-state index is 0.238. The number of benzene rings is 1. The van der Waals surface area contributed by atoms with Crippen LogP contribution >= 0.6 is 0 Å². The summed E-state index contributed by atoms with van der Waals surface area (Å²) in [6.45, 7) is 4.86. The van der Waals surface area contributed by atoms with E-state index in [4.69, 9.17) is 14.6 Å². The van der Waals surface area contributed by atoms with E-state index in [2.05, 4.69) is 10.6 Å². The third kappa shape index (κ3) is 5.66. The van der Waals surface area contributed by atoms with Gasteiger partial charge in [-0.25, -0.2) is 0 Å². The number of carboxylic acid groups (broad SMARTS) is 1. The molecule has 0 heterocycles. The van der Waals surface area contributed by atoms with Gasteiger partial charge in [-0.05, 0) is 25.0 Å². The Morgan fingerprint density at radius 2 is 1.48 bits per heavy atom. The quantitative estimate of drug-likeness (QED) is 0.644. The molecular formula is C17H24N2O6. The molecule has 1 rings (SSSR count). The van der Waals surface area contributed by atoms with Crippen molar-refractivity contribution in [2.45, 2.75) is 32.9 Å². The van der Waals surface area contributed by atoms with E-state index in [1.165, 1.54) is 33.3 Å². The second-order valence-corrected chi connectivity index (χ2v) is 5.87. The van der Waals surface area contributed by atoms with Crippen LogP contribution in [0.5, 0.6) is 11.5 Å². The maximum absolute atomic E-state index is 12.5. The summed E-state index contributed by atoms with van der Waals surface area (Å²) in [4.78, 5) is 35.7. The molecule has 0 aliphatic carbocycles. The number of rotatable bonds is 8. The lowest BCUT2D eigenvalue weighted by molar-refractivity contribution is -0.141. The van der Waals surface area contributed by atoms with Gasteiger partial charge in [-0.3, -0.25) is 14.4 Å². The molecule has 0 bridgehead atoms. The first-order chi connectivity index (χ1) is 11.7. The number of carboxylic acids is 1. The molecule has 0 fully saturated rings. The van der Waals surface area contributed by atoms with Gasteiger partial charge in [0.1, 0.15) is 23.6 Å². The molecule has 3 N–H and O–H groups in total. The van der Waals surface area contributed by atoms with Crippen LogP contribution in [0.1, 0.15) is 31.1 Å². The first kappa shape index (κ1) is 20.3. The number of nitrogens with one attached hydrogen (secondary N) is 2. The van der Waals surface area contributed by atoms with Gasteiger partial charge in [0.15, 0.2) is 0 Å². The highest BCUT2D eigenvalue weighted by Gasteiger charge is 2.27. The fourth-order valence-corrected chi connectivity index (χ4v) is 2.06. The van der Waals surface area contributed by atoms with Crippen molar-refractivity contribution in [3.63, 3.8) is 0 Å². The van der Waals surface area contributed by atoms with Gasteiger partial charge in [0.25, 0.3) is 5.91 Å². The van der Waals surface area contributed by atoms with Crippen LogP contribution < -0.4 is 20.1 Å². The number of hydrogen-bond donors (Lipinski definition) is 3. The zero-order valence-electron chi connectivity index (χ0n) is 15.0. The highest BCUT2D eigenvalue weighted by molar-refractivity contribution is 5.98. The Kier molecular flexibility index (Phi) is 7.22. The first-order valence-electron chi connectivity index (χ1n) is 7.76. The lowest BCUT2D eigenvalue weighted by Gasteiger charge is -2.23. The van der Waals surface area contributed by atoms with Crippen molar-refractivity contribution in [2.24, 2.45) is 5.92 Å². The summed E-state index contributed by atoms with van der Waals surface area (Å²) in [6, 6.07) is 2.73. The summed E-state index contributed by atoms with van der Waals surface area (Å²) in [6.07, 6.45) is 0. The van der Waals surface area contributed by atoms with E-state index >= 15 is 0 Å². The predicted octanol–water partition coefficient (Wildman–Crippen LogP) is 1.05. The number of carbonyl (C=O) groups excluding carboxylic acids is 2. The van der Waals surface area contributed by atoms with E-state index in [-0.39, 0.29) is 11.5 Å². The van der Waals surface area contributed by atoms with Crippen molar-refractivity contribution in [3.8, 4) is 11.5 Å². The number of carbonyl (C=O) groups is 3. The van der Waals surface area contributed by atoms with E-state index in [0.717, 1.165) is 0 Å². The molecule has 25 heavy (non-hydrogen) atoms. The predicted molar refractivity (Wildman–Crippen MR) is 90.9 cm³/mol. The van der Waals surface area contributed by atoms with E-state index in [1.807, 2.05) is 0 Å². The maximum atomic E-state index is 12.5. The summed E-state index contributed by atoms with van der Waals surface area (Å²) in [5.74, 6) is -1.57. The van der Waals surface area contributed by atoms with Crippen molar-refractivity contribution >= 4 is 17.8 Å². The standard InChI is InChI=1S/C17H24N2O6/c1-9(2)14(16(21)18-10(3)17(22)23)19-15(20)11-6-12(24-4)8-13(7-11)25-5/h6-10,14H,1-5H3,(H,18,21)(H,19,20)(H,22,23). The van der Waals surface area contributed by atoms with Gasteiger partial charge < -0.3 is 25.2 Å². The SMILES string of the molecule is COc1cc(OC)cc(C(=O)NC(C(=O)NC(C)C(=O)O)C(C)C)c1. The Labute approximate surface area is 146 Å². The fraction of sp³-hybridized carbons (Fsp3) is 0.471. The van der Waals surface area contributed by atoms with E-state index < -0.39 is 29.9 Å². The number of aliphatic carboxylic acids is 1. The van der Waals surface area contributed by atoms with Crippen LogP contribution in [-0.2, 0) is 9.59 Å². The van der Waals surface area contributed by atoms with Gasteiger partial charge in [0.05, 0.1) is 14.2 Å². The van der Waals surface area contributed by atoms with Crippen LogP contribution in [0.4, 0.5) is 0 Å². The minimum Gasteiger partial charge on any atom is -0.497 e. The van der Waals surface area contributed by atoms with Gasteiger partial charge in [-0.15, -0.1) is 0 Å². The van der Waals surface area contributed by atoms with Crippen molar-refractivity contribution in [1.82, 2.24) is 10.6 Å². The summed E-state index contributed by atoms with van der Waals surface area (Å²) in [5.41, 5.74) is 0.265. The highest BCUT2D eigenvalue weighted by Crippen LogP contribution is 2.22. The molecule has 2 unspecified atom stereocenters. The molecule has 138 valence electrons. The molecule has 0 spiro atoms. The van der Waals surface area contributed by atoms with Gasteiger partial charge in [-0.2, -0.15) is 0 Å². The number of amides is 2. The van der Waals surface area contributed by atoms with Gasteiger partial charge in [0, 0.05) is 11.6 Å². The summed E-state index contributed by atoms with van der Waals surface area (Å²) in [5, 5.41) is 13.9. The molecule has 0 aliphatic heterocycles. The zero-order valence-corrected chi connectivity index (χ0v) is 15.0. The van der Waals surface area contributed by atoms with E-state index in [0.29, 0.717) is 11.5 Å². The third-order valence-electron chi connectivity index (χ3n) is 3.58. The summed E-state index contributed by atoms with van der Waals surface area (Å²) in [7, 11) is 2.93. The van der Waals surface area contributed by atoms with Crippen molar-refractivity contribution in [2.75, 3.05) is 14.2 Å². The Bertz CT molecular complexity index is 622. The second-order valence-electron chi connectivity index (χ2n) is 5.87. The molecule has 1 aromatic carbocycles. The fourth-order valence-electron chi connectivity index (χ4n) is 2.06. The molecule has 0 saturated heterocycles. The zero-order chi connectivity index (χ0) is 19.1. The molecule has 8 heteroatoms. The van der Waals surface area contributed by atoms with Gasteiger partial charge in [0.2, 0.25) is 5.91 Å². The molecule has 0 saturated carbocycles. The number of hydrogen-bond acceptors (Lipinski definition) is 5. The van der Waals surface area contributed by atoms with Crippen LogP contribution in [0.15, 0.2) is 18.2 Å². The molecule has 0 aromatic heterocycles. The molecular weight excluding hydrogens is 328 g/mol. The average Bonchev–Trinajstić information content (AvgIpc) is 2.58. The molecule has 1 aromatic rings. The van der Waals surface area contributed by atoms with Crippen LogP contribution in [0.3, 0.4) is 0 Å². The van der Waals surface area contributed by atoms with Gasteiger partial charge >= 0.3 is 5.97 Å². The highest BCUT2D eigenvalue weighted by atomic mass is 16.5. The average molecular weight is 352 g/mol. The smallest absolute Gasteiger partial charge is 0.325 e. The first-order valence-corrected chi connectivity index (χ1v) is 7.76. The number of methoxy groups -OCH3 is 2. The van der Waals surface area contributed by atoms with Crippen LogP contribution in [0.25, 0.3) is 0 Å². The van der Waals surface area contributed by atoms with Crippen molar-refractivity contribution in [1.29, 1.82) is 0 Å². The Morgan fingerprint density at radius 3 is 1.88 bits per heavy atom. The molecule has 2 amide bonds. The van der Waals surface area contributed by atoms with Crippen molar-refractivity contribution < 1.29 is 29.0 Å². The van der Waals surface area contributed by atoms with E-state index in [9.17, 15) is 14.4 Å².